The van der Waals surface area contributed by atoms with Gasteiger partial charge in [-0.2, -0.15) is 10.2 Å². The summed E-state index contributed by atoms with van der Waals surface area (Å²) < 4.78 is 29.1. The van der Waals surface area contributed by atoms with Crippen molar-refractivity contribution in [1.82, 2.24) is 59.9 Å². The number of H-pyrrole nitrogens is 2. The monoisotopic (exact) mass is 988 g/mol. The van der Waals surface area contributed by atoms with Crippen LogP contribution in [0.2, 0.25) is 5.15 Å². The number of hydrogen-bond acceptors (Lipinski definition) is 16. The number of hydrogen-bond donors (Lipinski definition) is 3. The predicted molar refractivity (Wildman–Crippen MR) is 269 cm³/mol. The molecule has 0 spiro atoms. The fourth-order valence-corrected chi connectivity index (χ4v) is 8.43. The molecule has 3 N–H and O–H groups in total. The normalized spacial score (nSPS) is 14.2. The van der Waals surface area contributed by atoms with Gasteiger partial charge < -0.3 is 38.6 Å². The number of phenols is 1. The number of nitrogens with zero attached hydrogens (tertiary/aromatic N) is 10. The maximum Gasteiger partial charge on any atom is 0.230 e. The maximum atomic E-state index is 11.5. The number of benzene rings is 4. The zero-order valence-electron chi connectivity index (χ0n) is 40.1. The lowest BCUT2D eigenvalue weighted by molar-refractivity contribution is -0.131. The molecular weight excluding hydrogens is 932 g/mol. The van der Waals surface area contributed by atoms with Crippen molar-refractivity contribution in [1.29, 1.82) is 0 Å². The summed E-state index contributed by atoms with van der Waals surface area (Å²) in [5.41, 5.74) is 3.30. The molecule has 10 rings (SSSR count). The number of nitrogens with one attached hydrogen (secondary N) is 2. The van der Waals surface area contributed by atoms with Crippen LogP contribution in [0, 0.1) is 0 Å². The lowest BCUT2D eigenvalue weighted by Crippen LogP contribution is -2.48. The lowest BCUT2D eigenvalue weighted by atomic mass is 10.2. The van der Waals surface area contributed by atoms with Gasteiger partial charge in [0.25, 0.3) is 0 Å². The minimum atomic E-state index is 0.144. The standard InChI is InChI=1S/C25H28N6O4.C18H23ClN4O3.C7H6N2O/c1-17(32)31-9-7-30(8-10-31)6-3-11-34-24-13-20-22(14-23(24)33-2)26-16-27-25(20)35-19-4-5-21-18(12-19)15-28-29-21;1-13(24)23-7-5-22(6-8-23)4-3-9-26-17-10-14-15(11-16(17)25-2)20-12-21-18(14)19;10-6-1-2-7-5(3-6)4-8-9-7/h4-5,12-16H,3,6-11H2,1-2H3,(H,28,29);10-12H,3-9H2,1-2H3;1-4,10H,(H,8,9). The maximum absolute atomic E-state index is 11.5. The molecule has 0 atom stereocenters. The van der Waals surface area contributed by atoms with Gasteiger partial charge in [0.1, 0.15) is 29.3 Å². The average molecular weight is 990 g/mol. The third-order valence-corrected chi connectivity index (χ3v) is 12.5. The summed E-state index contributed by atoms with van der Waals surface area (Å²) in [7, 11) is 3.21. The molecule has 0 saturated carbocycles. The van der Waals surface area contributed by atoms with Crippen molar-refractivity contribution in [3.05, 3.63) is 90.9 Å². The van der Waals surface area contributed by atoms with Gasteiger partial charge in [-0.1, -0.05) is 11.6 Å². The molecular formula is C50H57ClN12O8. The van der Waals surface area contributed by atoms with Crippen molar-refractivity contribution in [3.63, 3.8) is 0 Å². The van der Waals surface area contributed by atoms with Crippen LogP contribution < -0.4 is 23.7 Å². The van der Waals surface area contributed by atoms with Gasteiger partial charge in [0.15, 0.2) is 23.0 Å². The van der Waals surface area contributed by atoms with Crippen molar-refractivity contribution in [3.8, 4) is 40.4 Å². The van der Waals surface area contributed by atoms with E-state index >= 15 is 0 Å². The van der Waals surface area contributed by atoms with E-state index in [0.29, 0.717) is 58.5 Å². The quantitative estimate of drug-likeness (QED) is 0.0759. The number of carbonyl (C=O) groups excluding carboxylic acids is 2. The number of amides is 2. The van der Waals surface area contributed by atoms with Crippen molar-refractivity contribution in [2.45, 2.75) is 26.7 Å². The number of carbonyl (C=O) groups is 2. The second-order valence-corrected chi connectivity index (χ2v) is 17.2. The molecule has 20 nitrogen and oxygen atoms in total. The van der Waals surface area contributed by atoms with Crippen LogP contribution in [0.5, 0.6) is 40.4 Å². The van der Waals surface area contributed by atoms with Gasteiger partial charge >= 0.3 is 0 Å². The molecule has 372 valence electrons. The number of aromatic amines is 2. The molecule has 6 heterocycles. The number of piperazine rings is 2. The first-order valence-electron chi connectivity index (χ1n) is 23.3. The Labute approximate surface area is 414 Å². The van der Waals surface area contributed by atoms with Crippen molar-refractivity contribution >= 4 is 67.0 Å². The molecule has 2 fully saturated rings. The van der Waals surface area contributed by atoms with E-state index in [-0.39, 0.29) is 17.6 Å². The number of ether oxygens (including phenoxy) is 5. The number of halogens is 1. The van der Waals surface area contributed by atoms with E-state index in [1.807, 2.05) is 46.2 Å². The number of fused-ring (bicyclic) bond motifs is 4. The van der Waals surface area contributed by atoms with Crippen molar-refractivity contribution in [2.24, 2.45) is 0 Å². The Morgan fingerprint density at radius 1 is 0.620 bits per heavy atom. The average Bonchev–Trinajstić information content (AvgIpc) is 4.07. The number of phenolic OH excluding ortho intramolecular Hbond substituents is 1. The molecule has 0 bridgehead atoms. The third kappa shape index (κ3) is 13.0. The van der Waals surface area contributed by atoms with Crippen LogP contribution in [0.25, 0.3) is 43.6 Å². The topological polar surface area (TPSA) is 222 Å². The third-order valence-electron chi connectivity index (χ3n) is 12.2. The van der Waals surface area contributed by atoms with E-state index in [1.54, 1.807) is 64.7 Å². The van der Waals surface area contributed by atoms with Crippen LogP contribution in [0.1, 0.15) is 26.7 Å². The molecule has 8 aromatic rings. The Morgan fingerprint density at radius 2 is 1.13 bits per heavy atom. The van der Waals surface area contributed by atoms with Gasteiger partial charge in [-0.15, -0.1) is 0 Å². The van der Waals surface area contributed by atoms with Crippen LogP contribution in [0.4, 0.5) is 0 Å². The predicted octanol–water partition coefficient (Wildman–Crippen LogP) is 6.73. The van der Waals surface area contributed by atoms with Crippen LogP contribution in [0.3, 0.4) is 0 Å². The Balaban J connectivity index is 0.000000163. The van der Waals surface area contributed by atoms with E-state index in [1.165, 1.54) is 12.7 Å². The molecule has 4 aromatic carbocycles. The summed E-state index contributed by atoms with van der Waals surface area (Å²) >= 11 is 6.14. The highest BCUT2D eigenvalue weighted by molar-refractivity contribution is 6.34. The van der Waals surface area contributed by atoms with Gasteiger partial charge in [-0.25, -0.2) is 19.9 Å². The van der Waals surface area contributed by atoms with Crippen LogP contribution >= 0.6 is 11.6 Å². The molecule has 0 unspecified atom stereocenters. The van der Waals surface area contributed by atoms with Crippen LogP contribution in [-0.4, -0.2) is 170 Å². The minimum Gasteiger partial charge on any atom is -0.508 e. The smallest absolute Gasteiger partial charge is 0.230 e. The summed E-state index contributed by atoms with van der Waals surface area (Å²) in [6, 6.07) is 18.1. The van der Waals surface area contributed by atoms with Gasteiger partial charge in [-0.05, 0) is 61.4 Å². The van der Waals surface area contributed by atoms with E-state index in [0.717, 1.165) is 116 Å². The molecule has 2 aliphatic heterocycles. The molecule has 71 heavy (non-hydrogen) atoms. The summed E-state index contributed by atoms with van der Waals surface area (Å²) in [5, 5.41) is 26.3. The summed E-state index contributed by atoms with van der Waals surface area (Å²) in [5.74, 6) is 4.15. The first-order valence-corrected chi connectivity index (χ1v) is 23.7. The van der Waals surface area contributed by atoms with E-state index in [2.05, 4.69) is 50.1 Å². The van der Waals surface area contributed by atoms with Gasteiger partial charge in [0.05, 0.1) is 67.3 Å². The van der Waals surface area contributed by atoms with Crippen molar-refractivity contribution in [2.75, 3.05) is 92.9 Å². The molecule has 2 amide bonds. The number of aromatic hydroxyl groups is 1. The number of methoxy groups -OCH3 is 2. The largest absolute Gasteiger partial charge is 0.508 e. The first-order chi connectivity index (χ1) is 34.5. The highest BCUT2D eigenvalue weighted by atomic mass is 35.5. The van der Waals surface area contributed by atoms with E-state index in [4.69, 9.17) is 40.4 Å². The molecule has 21 heteroatoms. The Morgan fingerprint density at radius 3 is 1.68 bits per heavy atom. The second kappa shape index (κ2) is 23.8. The SMILES string of the molecule is COc1cc2ncnc(Cl)c2cc1OCCCN1CCN(C(C)=O)CC1.COc1cc2ncnc(Oc3ccc4[nH]ncc4c3)c2cc1OCCCN1CCN(C(C)=O)CC1.Oc1ccc2[nH]ncc2c1. The number of aromatic nitrogens is 8. The highest BCUT2D eigenvalue weighted by Gasteiger charge is 2.20. The summed E-state index contributed by atoms with van der Waals surface area (Å²) in [6.45, 7) is 13.0. The molecule has 0 radical (unpaired) electrons. The van der Waals surface area contributed by atoms with Gasteiger partial charge in [-0.3, -0.25) is 29.6 Å². The van der Waals surface area contributed by atoms with Crippen molar-refractivity contribution < 1.29 is 38.4 Å². The zero-order valence-corrected chi connectivity index (χ0v) is 40.9. The fourth-order valence-electron chi connectivity index (χ4n) is 8.24. The Bertz CT molecular complexity index is 3060. The Kier molecular flexibility index (Phi) is 16.7. The Hall–Kier alpha value is -7.55. The van der Waals surface area contributed by atoms with E-state index < -0.39 is 0 Å². The molecule has 2 saturated heterocycles. The highest BCUT2D eigenvalue weighted by Crippen LogP contribution is 2.37. The van der Waals surface area contributed by atoms with Crippen LogP contribution in [0.15, 0.2) is 85.7 Å². The van der Waals surface area contributed by atoms with Crippen LogP contribution in [-0.2, 0) is 9.59 Å². The van der Waals surface area contributed by atoms with Gasteiger partial charge in [0.2, 0.25) is 17.7 Å². The molecule has 0 aliphatic carbocycles. The lowest BCUT2D eigenvalue weighted by Gasteiger charge is -2.34. The zero-order chi connectivity index (χ0) is 49.7. The second-order valence-electron chi connectivity index (χ2n) is 16.8. The summed E-state index contributed by atoms with van der Waals surface area (Å²) in [6.07, 6.45) is 8.08. The van der Waals surface area contributed by atoms with E-state index in [9.17, 15) is 9.59 Å². The van der Waals surface area contributed by atoms with Gasteiger partial charge in [0, 0.05) is 108 Å². The molecule has 4 aromatic heterocycles. The minimum absolute atomic E-state index is 0.144. The molecule has 2 aliphatic rings. The number of rotatable bonds is 14. The fraction of sp³-hybridized carbons (Fsp3) is 0.360. The summed E-state index contributed by atoms with van der Waals surface area (Å²) in [4.78, 5) is 48.3. The first kappa shape index (κ1) is 49.9.